The molecule has 0 spiro atoms. The van der Waals surface area contributed by atoms with Gasteiger partial charge in [-0.05, 0) is 40.7 Å². The minimum atomic E-state index is -2.09. The molecule has 5 rings (SSSR count). The van der Waals surface area contributed by atoms with Gasteiger partial charge in [-0.1, -0.05) is 45.9 Å². The monoisotopic (exact) mass is 779 g/mol. The number of allylic oxidation sites excluding steroid dienone is 4. The van der Waals surface area contributed by atoms with Gasteiger partial charge in [0.25, 0.3) is 11.7 Å². The first-order valence-electron chi connectivity index (χ1n) is 18.5. The molecule has 1 amide bonds. The summed E-state index contributed by atoms with van der Waals surface area (Å²) in [5.41, 5.74) is -2.30. The highest BCUT2D eigenvalue weighted by Crippen LogP contribution is 2.48. The number of hydrogen-bond donors (Lipinski definition) is 3. The lowest BCUT2D eigenvalue weighted by Crippen LogP contribution is -2.46. The molecule has 0 fully saturated rings. The minimum Gasteiger partial charge on any atom is -0.462 e. The standard InChI is InChI=1S/C42H53NO13/c1-19-14-13-15-20(2)39(50)43-26-18-27(45)29-30(34(26)48)36(55-40(51)41(8,9)10)24(6)37-31(29)38(49)42(11,56-37)53-17-16-28(52-12)21(3)35(54-25(7)44)23(5)33(47)22(4)32(19)46/h13-19,21-23,28,32-33,35,46-47H,1-12H3,(H,43,50)/b14-13-,17-16-,20-15-/t19-,21+,22+,23-,28-,32-,33-,35+,42-/m1/s1. The van der Waals surface area contributed by atoms with Gasteiger partial charge in [-0.15, -0.1) is 0 Å². The minimum absolute atomic E-state index is 0.0622. The molecule has 0 saturated heterocycles. The number of nitrogens with one attached hydrogen (secondary N) is 1. The van der Waals surface area contributed by atoms with E-state index in [2.05, 4.69) is 5.32 Å². The van der Waals surface area contributed by atoms with Gasteiger partial charge in [-0.3, -0.25) is 28.8 Å². The molecule has 0 aromatic heterocycles. The van der Waals surface area contributed by atoms with Gasteiger partial charge >= 0.3 is 17.7 Å². The van der Waals surface area contributed by atoms with Crippen LogP contribution in [0.5, 0.6) is 11.5 Å². The van der Waals surface area contributed by atoms with Crippen LogP contribution in [-0.4, -0.2) is 82.7 Å². The second kappa shape index (κ2) is 16.7. The molecule has 56 heavy (non-hydrogen) atoms. The number of rotatable bonds is 3. The fraction of sp³-hybridized carbons (Fsp3) is 0.524. The Bertz CT molecular complexity index is 1930. The number of aliphatic hydroxyl groups is 2. The SMILES string of the molecule is CO[C@@H]1/C=C\O[C@]2(C)Oc3c(C)c(OC(=O)C(C)(C)C)c4c(c3C2=O)C(=O)C=C(NC(=O)/C(C)=C\C=C/[C@@H](C)[C@@H](O)[C@H](C)[C@@H](O)[C@@H](C)[C@@H](OC(C)=O)[C@H]1C)C4=O. The Hall–Kier alpha value is -4.92. The van der Waals surface area contributed by atoms with E-state index in [0.717, 1.165) is 12.3 Å². The van der Waals surface area contributed by atoms with E-state index in [1.807, 2.05) is 0 Å². The van der Waals surface area contributed by atoms with Crippen molar-refractivity contribution in [3.05, 3.63) is 70.2 Å². The third-order valence-corrected chi connectivity index (χ3v) is 10.6. The van der Waals surface area contributed by atoms with Crippen LogP contribution in [0, 0.1) is 36.0 Å². The average molecular weight is 780 g/mol. The molecule has 3 heterocycles. The lowest BCUT2D eigenvalue weighted by Gasteiger charge is -2.38. The fourth-order valence-electron chi connectivity index (χ4n) is 6.98. The van der Waals surface area contributed by atoms with Gasteiger partial charge in [0.15, 0.2) is 5.78 Å². The highest BCUT2D eigenvalue weighted by Gasteiger charge is 2.52. The Morgan fingerprint density at radius 3 is 2.14 bits per heavy atom. The Kier molecular flexibility index (Phi) is 13.0. The van der Waals surface area contributed by atoms with Crippen molar-refractivity contribution in [2.24, 2.45) is 29.1 Å². The molecule has 0 saturated carbocycles. The first kappa shape index (κ1) is 43.8. The Balaban J connectivity index is 1.91. The Morgan fingerprint density at radius 2 is 1.55 bits per heavy atom. The molecule has 1 aromatic carbocycles. The number of aliphatic hydroxyl groups excluding tert-OH is 2. The zero-order chi connectivity index (χ0) is 42.2. The number of methoxy groups -OCH3 is 1. The first-order valence-corrected chi connectivity index (χ1v) is 18.5. The predicted octanol–water partition coefficient (Wildman–Crippen LogP) is 4.88. The van der Waals surface area contributed by atoms with Crippen molar-refractivity contribution in [1.82, 2.24) is 5.32 Å². The van der Waals surface area contributed by atoms with Crippen LogP contribution < -0.4 is 14.8 Å². The fourth-order valence-corrected chi connectivity index (χ4v) is 6.98. The number of amides is 1. The quantitative estimate of drug-likeness (QED) is 0.277. The molecule has 1 aliphatic carbocycles. The second-order valence-corrected chi connectivity index (χ2v) is 16.0. The maximum Gasteiger partial charge on any atom is 0.316 e. The molecule has 3 N–H and O–H groups in total. The van der Waals surface area contributed by atoms with Crippen LogP contribution in [0.25, 0.3) is 0 Å². The molecular weight excluding hydrogens is 726 g/mol. The summed E-state index contributed by atoms with van der Waals surface area (Å²) >= 11 is 0. The van der Waals surface area contributed by atoms with Crippen molar-refractivity contribution < 1.29 is 62.7 Å². The zero-order valence-electron chi connectivity index (χ0n) is 34.0. The highest BCUT2D eigenvalue weighted by atomic mass is 16.7. The number of hydrogen-bond acceptors (Lipinski definition) is 13. The molecule has 0 radical (unpaired) electrons. The number of fused-ring (bicyclic) bond motifs is 14. The van der Waals surface area contributed by atoms with Crippen LogP contribution >= 0.6 is 0 Å². The molecule has 4 aliphatic rings. The summed E-state index contributed by atoms with van der Waals surface area (Å²) in [4.78, 5) is 81.2. The average Bonchev–Trinajstić information content (AvgIpc) is 3.39. The van der Waals surface area contributed by atoms with E-state index in [-0.39, 0.29) is 33.8 Å². The molecule has 304 valence electrons. The van der Waals surface area contributed by atoms with E-state index >= 15 is 0 Å². The number of ether oxygens (including phenoxy) is 5. The lowest BCUT2D eigenvalue weighted by molar-refractivity contribution is -0.160. The third kappa shape index (κ3) is 8.57. The van der Waals surface area contributed by atoms with Crippen molar-refractivity contribution in [2.75, 3.05) is 7.11 Å². The Labute approximate surface area is 326 Å². The van der Waals surface area contributed by atoms with Gasteiger partial charge in [-0.2, -0.15) is 0 Å². The van der Waals surface area contributed by atoms with Crippen molar-refractivity contribution in [2.45, 2.75) is 106 Å². The summed E-state index contributed by atoms with van der Waals surface area (Å²) in [6.07, 6.45) is 4.23. The molecule has 0 unspecified atom stereocenters. The molecule has 5 bridgehead atoms. The molecule has 1 aromatic rings. The van der Waals surface area contributed by atoms with E-state index in [4.69, 9.17) is 23.7 Å². The number of benzene rings is 1. The van der Waals surface area contributed by atoms with Crippen molar-refractivity contribution in [3.8, 4) is 11.5 Å². The molecule has 9 atom stereocenters. The number of carbonyl (C=O) groups excluding carboxylic acids is 6. The summed E-state index contributed by atoms with van der Waals surface area (Å²) in [5.74, 6) is -9.66. The summed E-state index contributed by atoms with van der Waals surface area (Å²) in [5, 5.41) is 25.2. The molecule has 14 nitrogen and oxygen atoms in total. The Morgan fingerprint density at radius 1 is 0.911 bits per heavy atom. The lowest BCUT2D eigenvalue weighted by atomic mass is 9.78. The van der Waals surface area contributed by atoms with E-state index in [0.29, 0.717) is 0 Å². The maximum absolute atomic E-state index is 14.2. The van der Waals surface area contributed by atoms with E-state index in [1.54, 1.807) is 60.6 Å². The number of esters is 2. The van der Waals surface area contributed by atoms with Crippen molar-refractivity contribution in [3.63, 3.8) is 0 Å². The smallest absolute Gasteiger partial charge is 0.316 e. The van der Waals surface area contributed by atoms with Crippen LogP contribution in [-0.2, 0) is 28.6 Å². The summed E-state index contributed by atoms with van der Waals surface area (Å²) in [6.45, 7) is 17.1. The van der Waals surface area contributed by atoms with Crippen LogP contribution in [0.1, 0.15) is 106 Å². The zero-order valence-corrected chi connectivity index (χ0v) is 34.0. The van der Waals surface area contributed by atoms with Crippen LogP contribution in [0.4, 0.5) is 0 Å². The van der Waals surface area contributed by atoms with Gasteiger partial charge in [0.05, 0.1) is 52.4 Å². The van der Waals surface area contributed by atoms with E-state index < -0.39 is 106 Å². The largest absolute Gasteiger partial charge is 0.462 e. The summed E-state index contributed by atoms with van der Waals surface area (Å²) < 4.78 is 29.3. The molecular formula is C42H53NO13. The number of ketones is 3. The second-order valence-electron chi connectivity index (χ2n) is 16.0. The first-order chi connectivity index (χ1) is 26.0. The topological polar surface area (TPSA) is 201 Å². The van der Waals surface area contributed by atoms with E-state index in [1.165, 1.54) is 47.0 Å². The van der Waals surface area contributed by atoms with Crippen LogP contribution in [0.15, 0.2) is 47.9 Å². The predicted molar refractivity (Wildman–Crippen MR) is 203 cm³/mol. The van der Waals surface area contributed by atoms with Crippen molar-refractivity contribution in [1.29, 1.82) is 0 Å². The van der Waals surface area contributed by atoms with Gasteiger partial charge in [0.1, 0.15) is 17.6 Å². The van der Waals surface area contributed by atoms with Gasteiger partial charge in [0, 0.05) is 61.8 Å². The maximum atomic E-state index is 14.2. The van der Waals surface area contributed by atoms with Crippen molar-refractivity contribution >= 4 is 35.2 Å². The normalized spacial score (nSPS) is 32.2. The number of Topliss-reactive ketones (excluding diaryl/α,β-unsaturated/α-hetero) is 2. The molecule has 3 aliphatic heterocycles. The third-order valence-electron chi connectivity index (χ3n) is 10.6. The molecule has 14 heteroatoms. The van der Waals surface area contributed by atoms with Crippen LogP contribution in [0.3, 0.4) is 0 Å². The highest BCUT2D eigenvalue weighted by molar-refractivity contribution is 6.31. The summed E-state index contributed by atoms with van der Waals surface area (Å²) in [6, 6.07) is 0. The van der Waals surface area contributed by atoms with Crippen LogP contribution in [0.2, 0.25) is 0 Å². The number of carbonyl (C=O) groups is 6. The summed E-state index contributed by atoms with van der Waals surface area (Å²) in [7, 11) is 1.42. The van der Waals surface area contributed by atoms with Gasteiger partial charge in [0.2, 0.25) is 5.78 Å². The van der Waals surface area contributed by atoms with E-state index in [9.17, 15) is 39.0 Å². The van der Waals surface area contributed by atoms with Gasteiger partial charge < -0.3 is 39.2 Å². The van der Waals surface area contributed by atoms with Gasteiger partial charge in [-0.25, -0.2) is 0 Å².